The first kappa shape index (κ1) is 9.10. The number of aromatic amines is 1. The summed E-state index contributed by atoms with van der Waals surface area (Å²) in [5.41, 5.74) is 1.76. The van der Waals surface area contributed by atoms with Crippen LogP contribution in [0.15, 0.2) is 23.1 Å². The quantitative estimate of drug-likeness (QED) is 0.575. The van der Waals surface area contributed by atoms with Gasteiger partial charge in [0.2, 0.25) is 0 Å². The van der Waals surface area contributed by atoms with Gasteiger partial charge >= 0.3 is 0 Å². The van der Waals surface area contributed by atoms with Crippen LogP contribution in [-0.4, -0.2) is 4.98 Å². The third-order valence-corrected chi connectivity index (χ3v) is 2.86. The van der Waals surface area contributed by atoms with Crippen LogP contribution in [0.3, 0.4) is 0 Å². The van der Waals surface area contributed by atoms with Gasteiger partial charge in [0.15, 0.2) is 0 Å². The van der Waals surface area contributed by atoms with Gasteiger partial charge in [-0.2, -0.15) is 5.26 Å². The molecule has 70 valence electrons. The number of aromatic nitrogens is 1. The Morgan fingerprint density at radius 1 is 1.50 bits per heavy atom. The Morgan fingerprint density at radius 3 is 3.00 bits per heavy atom. The largest absolute Gasteiger partial charge is 0.358 e. The van der Waals surface area contributed by atoms with Crippen molar-refractivity contribution >= 4 is 22.7 Å². The van der Waals surface area contributed by atoms with Crippen LogP contribution < -0.4 is 0 Å². The number of nitriles is 1. The number of hydrogen-bond acceptors (Lipinski definition) is 2. The van der Waals surface area contributed by atoms with E-state index in [0.717, 1.165) is 33.3 Å². The van der Waals surface area contributed by atoms with Gasteiger partial charge in [-0.15, -0.1) is 0 Å². The van der Waals surface area contributed by atoms with Crippen molar-refractivity contribution in [2.45, 2.75) is 11.8 Å². The van der Waals surface area contributed by atoms with E-state index in [1.54, 1.807) is 6.07 Å². The summed E-state index contributed by atoms with van der Waals surface area (Å²) in [7, 11) is 0. The Kier molecular flexibility index (Phi) is 2.18. The molecular weight excluding hydrogens is 199 g/mol. The molecule has 0 amide bonds. The summed E-state index contributed by atoms with van der Waals surface area (Å²) in [5, 5.41) is 11.4. The van der Waals surface area contributed by atoms with Crippen molar-refractivity contribution < 1.29 is 4.39 Å². The van der Waals surface area contributed by atoms with Crippen LogP contribution in [0.25, 0.3) is 10.9 Å². The molecular formula is C10H7FN2S. The Bertz CT molecular complexity index is 525. The Labute approximate surface area is 84.7 Å². The molecule has 0 spiro atoms. The van der Waals surface area contributed by atoms with Crippen molar-refractivity contribution in [3.63, 3.8) is 0 Å². The highest BCUT2D eigenvalue weighted by Gasteiger charge is 2.09. The van der Waals surface area contributed by atoms with Crippen LogP contribution in [0, 0.1) is 23.4 Å². The minimum Gasteiger partial charge on any atom is -0.358 e. The SMILES string of the molecule is Cc1[nH]c2ccc(F)cc2c1SC#N. The molecule has 0 bridgehead atoms. The van der Waals surface area contributed by atoms with Crippen molar-refractivity contribution in [3.8, 4) is 5.40 Å². The number of benzene rings is 1. The van der Waals surface area contributed by atoms with Gasteiger partial charge < -0.3 is 4.98 Å². The average molecular weight is 206 g/mol. The first-order valence-electron chi connectivity index (χ1n) is 4.06. The zero-order chi connectivity index (χ0) is 10.1. The minimum absolute atomic E-state index is 0.281. The Balaban J connectivity index is 2.74. The summed E-state index contributed by atoms with van der Waals surface area (Å²) in [6, 6.07) is 4.52. The molecule has 0 aliphatic rings. The van der Waals surface area contributed by atoms with E-state index in [-0.39, 0.29) is 5.82 Å². The maximum atomic E-state index is 13.0. The van der Waals surface area contributed by atoms with Gasteiger partial charge in [-0.25, -0.2) is 4.39 Å². The number of aryl methyl sites for hydroxylation is 1. The number of halogens is 1. The van der Waals surface area contributed by atoms with E-state index in [1.807, 2.05) is 12.3 Å². The lowest BCUT2D eigenvalue weighted by molar-refractivity contribution is 0.629. The number of thioether (sulfide) groups is 1. The monoisotopic (exact) mass is 206 g/mol. The average Bonchev–Trinajstić information content (AvgIpc) is 2.45. The molecule has 2 rings (SSSR count). The summed E-state index contributed by atoms with van der Waals surface area (Å²) in [6.07, 6.45) is 0. The topological polar surface area (TPSA) is 39.6 Å². The molecule has 0 saturated carbocycles. The van der Waals surface area contributed by atoms with E-state index in [1.165, 1.54) is 12.1 Å². The van der Waals surface area contributed by atoms with Gasteiger partial charge in [-0.05, 0) is 36.9 Å². The lowest BCUT2D eigenvalue weighted by Gasteiger charge is -1.92. The van der Waals surface area contributed by atoms with E-state index in [4.69, 9.17) is 5.26 Å². The first-order chi connectivity index (χ1) is 6.72. The molecule has 0 fully saturated rings. The number of nitrogens with one attached hydrogen (secondary N) is 1. The fourth-order valence-corrected chi connectivity index (χ4v) is 2.03. The molecule has 0 aliphatic heterocycles. The predicted molar refractivity (Wildman–Crippen MR) is 54.5 cm³/mol. The van der Waals surface area contributed by atoms with Gasteiger partial charge in [-0.3, -0.25) is 0 Å². The highest BCUT2D eigenvalue weighted by Crippen LogP contribution is 2.30. The van der Waals surface area contributed by atoms with E-state index >= 15 is 0 Å². The molecule has 2 nitrogen and oxygen atoms in total. The lowest BCUT2D eigenvalue weighted by atomic mass is 10.2. The summed E-state index contributed by atoms with van der Waals surface area (Å²) in [4.78, 5) is 3.91. The summed E-state index contributed by atoms with van der Waals surface area (Å²) >= 11 is 1.05. The zero-order valence-corrected chi connectivity index (χ0v) is 8.28. The fourth-order valence-electron chi connectivity index (χ4n) is 1.45. The number of fused-ring (bicyclic) bond motifs is 1. The van der Waals surface area contributed by atoms with Crippen LogP contribution in [-0.2, 0) is 0 Å². The lowest BCUT2D eigenvalue weighted by Crippen LogP contribution is -1.73. The van der Waals surface area contributed by atoms with Crippen LogP contribution in [0.1, 0.15) is 5.69 Å². The van der Waals surface area contributed by atoms with Crippen molar-refractivity contribution in [2.75, 3.05) is 0 Å². The van der Waals surface area contributed by atoms with Gasteiger partial charge in [0, 0.05) is 16.6 Å². The maximum absolute atomic E-state index is 13.0. The normalized spacial score (nSPS) is 10.4. The molecule has 0 aliphatic carbocycles. The van der Waals surface area contributed by atoms with Crippen molar-refractivity contribution in [1.82, 2.24) is 4.98 Å². The van der Waals surface area contributed by atoms with E-state index in [9.17, 15) is 4.39 Å². The molecule has 1 aromatic heterocycles. The predicted octanol–water partition coefficient (Wildman–Crippen LogP) is 3.19. The number of H-pyrrole nitrogens is 1. The molecule has 0 unspecified atom stereocenters. The third kappa shape index (κ3) is 1.36. The van der Waals surface area contributed by atoms with Crippen molar-refractivity contribution in [2.24, 2.45) is 0 Å². The third-order valence-electron chi connectivity index (χ3n) is 2.04. The molecule has 1 N–H and O–H groups in total. The first-order valence-corrected chi connectivity index (χ1v) is 4.88. The Morgan fingerprint density at radius 2 is 2.29 bits per heavy atom. The Hall–Kier alpha value is -1.47. The van der Waals surface area contributed by atoms with Crippen LogP contribution in [0.4, 0.5) is 4.39 Å². The van der Waals surface area contributed by atoms with Crippen molar-refractivity contribution in [3.05, 3.63) is 29.7 Å². The minimum atomic E-state index is -0.281. The molecule has 2 aromatic rings. The molecule has 14 heavy (non-hydrogen) atoms. The number of hydrogen-bond donors (Lipinski definition) is 1. The molecule has 4 heteroatoms. The second kappa shape index (κ2) is 3.35. The van der Waals surface area contributed by atoms with Gasteiger partial charge in [-0.1, -0.05) is 0 Å². The summed E-state index contributed by atoms with van der Waals surface area (Å²) in [6.45, 7) is 1.87. The highest BCUT2D eigenvalue weighted by molar-refractivity contribution is 8.04. The smallest absolute Gasteiger partial charge is 0.138 e. The van der Waals surface area contributed by atoms with E-state index < -0.39 is 0 Å². The standard InChI is InChI=1S/C10H7FN2S/c1-6-10(14-5-12)8-4-7(11)2-3-9(8)13-6/h2-4,13H,1H3. The van der Waals surface area contributed by atoms with Crippen LogP contribution >= 0.6 is 11.8 Å². The number of nitrogens with zero attached hydrogens (tertiary/aromatic N) is 1. The van der Waals surface area contributed by atoms with Gasteiger partial charge in [0.1, 0.15) is 11.2 Å². The molecule has 0 atom stereocenters. The van der Waals surface area contributed by atoms with Crippen LogP contribution in [0.2, 0.25) is 0 Å². The van der Waals surface area contributed by atoms with Crippen molar-refractivity contribution in [1.29, 1.82) is 5.26 Å². The molecule has 1 aromatic carbocycles. The zero-order valence-electron chi connectivity index (χ0n) is 7.47. The van der Waals surface area contributed by atoms with Gasteiger partial charge in [0.05, 0.1) is 4.90 Å². The van der Waals surface area contributed by atoms with E-state index in [2.05, 4.69) is 4.98 Å². The summed E-state index contributed by atoms with van der Waals surface area (Å²) in [5.74, 6) is -0.281. The fraction of sp³-hybridized carbons (Fsp3) is 0.100. The molecule has 0 saturated heterocycles. The maximum Gasteiger partial charge on any atom is 0.138 e. The van der Waals surface area contributed by atoms with E-state index in [0.29, 0.717) is 0 Å². The number of rotatable bonds is 1. The second-order valence-electron chi connectivity index (χ2n) is 2.96. The number of thiocyanates is 1. The highest BCUT2D eigenvalue weighted by atomic mass is 32.2. The van der Waals surface area contributed by atoms with Gasteiger partial charge in [0.25, 0.3) is 0 Å². The second-order valence-corrected chi connectivity index (χ2v) is 3.76. The molecule has 0 radical (unpaired) electrons. The summed E-state index contributed by atoms with van der Waals surface area (Å²) < 4.78 is 13.0. The molecule has 1 heterocycles. The van der Waals surface area contributed by atoms with Crippen LogP contribution in [0.5, 0.6) is 0 Å².